The molecule has 1 nitrogen and oxygen atoms in total. The molecule has 34 heavy (non-hydrogen) atoms. The minimum atomic E-state index is -5.06. The molecule has 0 aliphatic heterocycles. The van der Waals surface area contributed by atoms with Crippen molar-refractivity contribution in [2.75, 3.05) is 0 Å². The first-order valence-electron chi connectivity index (χ1n) is 11.2. The minimum absolute atomic E-state index is 0.0877. The molecule has 3 rings (SSSR count). The Balaban J connectivity index is 1.69. The average Bonchev–Trinajstić information content (AvgIpc) is 2.77. The van der Waals surface area contributed by atoms with Crippen LogP contribution >= 0.6 is 0 Å². The van der Waals surface area contributed by atoms with Crippen LogP contribution in [-0.4, -0.2) is 18.5 Å². The van der Waals surface area contributed by atoms with Crippen LogP contribution in [-0.2, 0) is 6.42 Å². The van der Waals surface area contributed by atoms with Gasteiger partial charge in [0, 0.05) is 12.3 Å². The Bertz CT molecular complexity index is 927. The number of hydrogen-bond acceptors (Lipinski definition) is 1. The van der Waals surface area contributed by atoms with Crippen LogP contribution in [0.3, 0.4) is 0 Å². The molecular weight excluding hydrogens is 468 g/mol. The molecule has 0 N–H and O–H groups in total. The largest absolute Gasteiger partial charge is 0.461 e. The predicted octanol–water partition coefficient (Wildman–Crippen LogP) is 8.65. The third-order valence-electron chi connectivity index (χ3n) is 6.36. The van der Waals surface area contributed by atoms with Gasteiger partial charge in [-0.3, -0.25) is 0 Å². The highest BCUT2D eigenvalue weighted by molar-refractivity contribution is 5.65. The molecule has 2 aromatic rings. The van der Waals surface area contributed by atoms with E-state index >= 15 is 0 Å². The van der Waals surface area contributed by atoms with Gasteiger partial charge >= 0.3 is 12.5 Å². The van der Waals surface area contributed by atoms with Crippen LogP contribution in [0.25, 0.3) is 11.1 Å². The topological polar surface area (TPSA) is 9.23 Å². The molecule has 0 heterocycles. The number of benzene rings is 2. The van der Waals surface area contributed by atoms with Gasteiger partial charge in [-0.1, -0.05) is 44.0 Å². The van der Waals surface area contributed by atoms with E-state index in [9.17, 15) is 35.1 Å². The lowest BCUT2D eigenvalue weighted by atomic mass is 9.76. The number of halogens is 8. The molecule has 1 fully saturated rings. The number of rotatable bonds is 9. The summed E-state index contributed by atoms with van der Waals surface area (Å²) in [4.78, 5) is 0. The molecule has 0 bridgehead atoms. The summed E-state index contributed by atoms with van der Waals surface area (Å²) in [7, 11) is 0. The van der Waals surface area contributed by atoms with Crippen molar-refractivity contribution in [3.8, 4) is 16.9 Å². The van der Waals surface area contributed by atoms with E-state index in [2.05, 4.69) is 11.7 Å². The minimum Gasteiger partial charge on any atom is -0.422 e. The Morgan fingerprint density at radius 1 is 0.882 bits per heavy atom. The van der Waals surface area contributed by atoms with E-state index in [1.54, 1.807) is 0 Å². The monoisotopic (exact) mass is 494 g/mol. The summed E-state index contributed by atoms with van der Waals surface area (Å²) < 4.78 is 112. The van der Waals surface area contributed by atoms with Crippen LogP contribution in [0.2, 0.25) is 0 Å². The Morgan fingerprint density at radius 2 is 1.44 bits per heavy atom. The van der Waals surface area contributed by atoms with Crippen molar-refractivity contribution < 1.29 is 39.9 Å². The van der Waals surface area contributed by atoms with Crippen LogP contribution in [0.1, 0.15) is 51.0 Å². The highest BCUT2D eigenvalue weighted by atomic mass is 19.3. The molecule has 0 spiro atoms. The standard InChI is InChI=1S/C25H26F8O/c1-2-3-15-6-10-19(11-7-15)24(30,31)14-16-4-8-17(9-5-16)18-12-20(26)22(21(27)13-18)34-25(32,33)23(28)29/h4-5,8-9,12-13,15,19,23H,2-3,6-7,10-11,14H2,1H3. The third-order valence-corrected chi connectivity index (χ3v) is 6.36. The van der Waals surface area contributed by atoms with Gasteiger partial charge in [-0.05, 0) is 60.4 Å². The van der Waals surface area contributed by atoms with Gasteiger partial charge in [-0.25, -0.2) is 17.6 Å². The van der Waals surface area contributed by atoms with E-state index in [0.29, 0.717) is 36.5 Å². The zero-order valence-electron chi connectivity index (χ0n) is 18.6. The van der Waals surface area contributed by atoms with E-state index < -0.39 is 48.2 Å². The third kappa shape index (κ3) is 6.21. The Morgan fingerprint density at radius 3 is 1.94 bits per heavy atom. The Labute approximate surface area is 193 Å². The van der Waals surface area contributed by atoms with Gasteiger partial charge < -0.3 is 4.74 Å². The van der Waals surface area contributed by atoms with E-state index in [0.717, 1.165) is 25.7 Å². The predicted molar refractivity (Wildman–Crippen MR) is 112 cm³/mol. The molecule has 0 saturated heterocycles. The van der Waals surface area contributed by atoms with Crippen molar-refractivity contribution in [3.63, 3.8) is 0 Å². The maximum absolute atomic E-state index is 14.8. The molecule has 0 unspecified atom stereocenters. The first-order chi connectivity index (χ1) is 15.9. The molecule has 0 amide bonds. The molecule has 0 radical (unpaired) electrons. The van der Waals surface area contributed by atoms with Gasteiger partial charge in [0.05, 0.1) is 0 Å². The van der Waals surface area contributed by atoms with E-state index in [4.69, 9.17) is 0 Å². The summed E-state index contributed by atoms with van der Waals surface area (Å²) in [5, 5.41) is 0. The number of ether oxygens (including phenoxy) is 1. The molecule has 1 aliphatic carbocycles. The lowest BCUT2D eigenvalue weighted by Crippen LogP contribution is -2.34. The quantitative estimate of drug-likeness (QED) is 0.317. The van der Waals surface area contributed by atoms with Crippen LogP contribution in [0.15, 0.2) is 36.4 Å². The lowest BCUT2D eigenvalue weighted by molar-refractivity contribution is -0.255. The van der Waals surface area contributed by atoms with E-state index in [-0.39, 0.29) is 11.1 Å². The molecule has 1 saturated carbocycles. The number of hydrogen-bond donors (Lipinski definition) is 0. The van der Waals surface area contributed by atoms with Crippen LogP contribution in [0.5, 0.6) is 5.75 Å². The summed E-state index contributed by atoms with van der Waals surface area (Å²) in [6, 6.07) is 6.89. The van der Waals surface area contributed by atoms with Gasteiger partial charge in [0.25, 0.3) is 5.92 Å². The molecule has 0 aromatic heterocycles. The molecular formula is C25H26F8O. The fraction of sp³-hybridized carbons (Fsp3) is 0.520. The van der Waals surface area contributed by atoms with Crippen molar-refractivity contribution >= 4 is 0 Å². The second-order valence-electron chi connectivity index (χ2n) is 8.87. The second-order valence-corrected chi connectivity index (χ2v) is 8.87. The SMILES string of the molecule is CCCC1CCC(C(F)(F)Cc2ccc(-c3cc(F)c(OC(F)(F)C(F)F)c(F)c3)cc2)CC1. The Kier molecular flexibility index (Phi) is 8.14. The Hall–Kier alpha value is -2.32. The molecule has 2 aromatic carbocycles. The fourth-order valence-corrected chi connectivity index (χ4v) is 4.52. The van der Waals surface area contributed by atoms with E-state index in [1.807, 2.05) is 0 Å². The first kappa shape index (κ1) is 26.3. The summed E-state index contributed by atoms with van der Waals surface area (Å²) >= 11 is 0. The zero-order chi connectivity index (χ0) is 25.1. The first-order valence-corrected chi connectivity index (χ1v) is 11.2. The van der Waals surface area contributed by atoms with Gasteiger partial charge in [0.15, 0.2) is 17.4 Å². The summed E-state index contributed by atoms with van der Waals surface area (Å²) in [6.45, 7) is 2.08. The van der Waals surface area contributed by atoms with Gasteiger partial charge in [-0.15, -0.1) is 0 Å². The molecule has 1 aliphatic rings. The highest BCUT2D eigenvalue weighted by Gasteiger charge is 2.45. The second kappa shape index (κ2) is 10.5. The van der Waals surface area contributed by atoms with Gasteiger partial charge in [0.2, 0.25) is 0 Å². The summed E-state index contributed by atoms with van der Waals surface area (Å²) in [5.74, 6) is -7.88. The fourth-order valence-electron chi connectivity index (χ4n) is 4.52. The van der Waals surface area contributed by atoms with Gasteiger partial charge in [-0.2, -0.15) is 17.6 Å². The number of alkyl halides is 6. The summed E-state index contributed by atoms with van der Waals surface area (Å²) in [6.07, 6.45) is -5.14. The maximum Gasteiger partial charge on any atom is 0.461 e. The zero-order valence-corrected chi connectivity index (χ0v) is 18.6. The van der Waals surface area contributed by atoms with Crippen molar-refractivity contribution in [3.05, 3.63) is 53.6 Å². The van der Waals surface area contributed by atoms with Crippen LogP contribution in [0, 0.1) is 23.5 Å². The maximum atomic E-state index is 14.8. The smallest absolute Gasteiger partial charge is 0.422 e. The molecule has 0 atom stereocenters. The van der Waals surface area contributed by atoms with Crippen LogP contribution < -0.4 is 4.74 Å². The van der Waals surface area contributed by atoms with Crippen molar-refractivity contribution in [2.45, 2.75) is 70.3 Å². The average molecular weight is 494 g/mol. The lowest BCUT2D eigenvalue weighted by Gasteiger charge is -2.33. The normalized spacial score (nSPS) is 19.5. The molecule has 188 valence electrons. The molecule has 9 heteroatoms. The van der Waals surface area contributed by atoms with Crippen molar-refractivity contribution in [2.24, 2.45) is 11.8 Å². The van der Waals surface area contributed by atoms with E-state index in [1.165, 1.54) is 24.3 Å². The van der Waals surface area contributed by atoms with Crippen LogP contribution in [0.4, 0.5) is 35.1 Å². The highest BCUT2D eigenvalue weighted by Crippen LogP contribution is 2.42. The van der Waals surface area contributed by atoms with Crippen molar-refractivity contribution in [1.29, 1.82) is 0 Å². The van der Waals surface area contributed by atoms with Crippen molar-refractivity contribution in [1.82, 2.24) is 0 Å². The summed E-state index contributed by atoms with van der Waals surface area (Å²) in [5.41, 5.74) is 0.495. The van der Waals surface area contributed by atoms with Gasteiger partial charge in [0.1, 0.15) is 0 Å².